The van der Waals surface area contributed by atoms with E-state index in [2.05, 4.69) is 34.2 Å². The van der Waals surface area contributed by atoms with Crippen LogP contribution < -0.4 is 10.1 Å². The Kier molecular flexibility index (Phi) is 8.55. The number of aromatic nitrogens is 3. The number of carbonyl (C=O) groups is 1. The Hall–Kier alpha value is -2.77. The molecule has 0 bridgehead atoms. The Morgan fingerprint density at radius 3 is 2.68 bits per heavy atom. The highest BCUT2D eigenvalue weighted by Crippen LogP contribution is 2.22. The zero-order valence-electron chi connectivity index (χ0n) is 17.4. The Balaban J connectivity index is 1.55. The van der Waals surface area contributed by atoms with Gasteiger partial charge in [-0.1, -0.05) is 53.7 Å². The van der Waals surface area contributed by atoms with Gasteiger partial charge in [-0.05, 0) is 42.7 Å². The van der Waals surface area contributed by atoms with Crippen molar-refractivity contribution in [3.05, 3.63) is 77.6 Å². The number of para-hydroxylation sites is 1. The van der Waals surface area contributed by atoms with E-state index in [4.69, 9.17) is 16.3 Å². The minimum absolute atomic E-state index is 0.146. The number of benzene rings is 2. The lowest BCUT2D eigenvalue weighted by atomic mass is 10.1. The molecule has 8 heteroatoms. The van der Waals surface area contributed by atoms with Crippen molar-refractivity contribution in [2.24, 2.45) is 0 Å². The van der Waals surface area contributed by atoms with Crippen LogP contribution in [-0.2, 0) is 24.2 Å². The molecule has 0 radical (unpaired) electrons. The highest BCUT2D eigenvalue weighted by atomic mass is 35.5. The number of allylic oxidation sites excluding steroid dienone is 1. The Morgan fingerprint density at radius 2 is 1.97 bits per heavy atom. The molecule has 3 aromatic rings. The summed E-state index contributed by atoms with van der Waals surface area (Å²) in [7, 11) is 1.66. The van der Waals surface area contributed by atoms with Crippen molar-refractivity contribution in [3.63, 3.8) is 0 Å². The number of rotatable bonds is 11. The van der Waals surface area contributed by atoms with Crippen molar-refractivity contribution < 1.29 is 9.53 Å². The van der Waals surface area contributed by atoms with Gasteiger partial charge in [-0.2, -0.15) is 0 Å². The third-order valence-electron chi connectivity index (χ3n) is 4.61. The van der Waals surface area contributed by atoms with Gasteiger partial charge in [0.15, 0.2) is 5.16 Å². The predicted molar refractivity (Wildman–Crippen MR) is 126 cm³/mol. The summed E-state index contributed by atoms with van der Waals surface area (Å²) in [5.74, 6) is 1.82. The third kappa shape index (κ3) is 6.60. The van der Waals surface area contributed by atoms with Crippen molar-refractivity contribution in [2.45, 2.75) is 31.0 Å². The molecule has 0 aliphatic carbocycles. The summed E-state index contributed by atoms with van der Waals surface area (Å²) in [6.07, 6.45) is 4.48. The first kappa shape index (κ1) is 22.9. The number of aryl methyl sites for hydroxylation is 2. The fraction of sp³-hybridized carbons (Fsp3) is 0.261. The van der Waals surface area contributed by atoms with E-state index in [0.29, 0.717) is 22.4 Å². The van der Waals surface area contributed by atoms with Crippen LogP contribution in [0.4, 0.5) is 5.69 Å². The molecular weight excluding hydrogens is 432 g/mol. The van der Waals surface area contributed by atoms with Crippen LogP contribution in [0, 0.1) is 0 Å². The summed E-state index contributed by atoms with van der Waals surface area (Å²) in [6, 6.07) is 15.2. The Morgan fingerprint density at radius 1 is 1.19 bits per heavy atom. The molecule has 1 N–H and O–H groups in total. The number of hydrogen-bond donors (Lipinski definition) is 1. The van der Waals surface area contributed by atoms with E-state index in [1.54, 1.807) is 19.2 Å². The summed E-state index contributed by atoms with van der Waals surface area (Å²) < 4.78 is 7.21. The van der Waals surface area contributed by atoms with Crippen LogP contribution in [0.5, 0.6) is 5.75 Å². The molecule has 0 unspecified atom stereocenters. The van der Waals surface area contributed by atoms with Crippen molar-refractivity contribution >= 4 is 35.0 Å². The zero-order chi connectivity index (χ0) is 22.1. The second-order valence-electron chi connectivity index (χ2n) is 6.82. The number of nitrogens with zero attached hydrogens (tertiary/aromatic N) is 3. The topological polar surface area (TPSA) is 69.0 Å². The maximum atomic E-state index is 12.3. The van der Waals surface area contributed by atoms with Crippen LogP contribution in [0.2, 0.25) is 5.02 Å². The van der Waals surface area contributed by atoms with Crippen LogP contribution in [0.15, 0.2) is 66.3 Å². The molecule has 1 aromatic heterocycles. The lowest BCUT2D eigenvalue weighted by Crippen LogP contribution is -2.15. The predicted octanol–water partition coefficient (Wildman–Crippen LogP) is 5.03. The SMILES string of the molecule is C=CCn1c(CCCc2ccc(OC)cc2)nnc1SCC(=O)Nc1ccccc1Cl. The Labute approximate surface area is 191 Å². The molecule has 6 nitrogen and oxygen atoms in total. The molecule has 0 aliphatic rings. The molecule has 2 aromatic carbocycles. The molecule has 162 valence electrons. The summed E-state index contributed by atoms with van der Waals surface area (Å²) >= 11 is 7.45. The summed E-state index contributed by atoms with van der Waals surface area (Å²) in [4.78, 5) is 12.3. The van der Waals surface area contributed by atoms with Crippen molar-refractivity contribution in [3.8, 4) is 5.75 Å². The minimum Gasteiger partial charge on any atom is -0.497 e. The number of carbonyl (C=O) groups excluding carboxylic acids is 1. The average molecular weight is 457 g/mol. The number of hydrogen-bond acceptors (Lipinski definition) is 5. The molecule has 0 atom stereocenters. The van der Waals surface area contributed by atoms with E-state index in [1.807, 2.05) is 34.9 Å². The molecule has 0 spiro atoms. The molecule has 3 rings (SSSR count). The number of thioether (sulfide) groups is 1. The van der Waals surface area contributed by atoms with Gasteiger partial charge < -0.3 is 14.6 Å². The quantitative estimate of drug-likeness (QED) is 0.323. The van der Waals surface area contributed by atoms with Gasteiger partial charge in [0, 0.05) is 13.0 Å². The number of ether oxygens (including phenoxy) is 1. The van der Waals surface area contributed by atoms with Gasteiger partial charge in [0.25, 0.3) is 0 Å². The second-order valence-corrected chi connectivity index (χ2v) is 8.17. The van der Waals surface area contributed by atoms with Gasteiger partial charge in [-0.25, -0.2) is 0 Å². The molecule has 1 amide bonds. The van der Waals surface area contributed by atoms with Gasteiger partial charge in [-0.15, -0.1) is 16.8 Å². The molecular formula is C23H25ClN4O2S. The minimum atomic E-state index is -0.146. The number of methoxy groups -OCH3 is 1. The van der Waals surface area contributed by atoms with Gasteiger partial charge in [0.05, 0.1) is 23.6 Å². The average Bonchev–Trinajstić information content (AvgIpc) is 3.16. The van der Waals surface area contributed by atoms with Crippen LogP contribution in [0.25, 0.3) is 0 Å². The fourth-order valence-corrected chi connectivity index (χ4v) is 3.99. The van der Waals surface area contributed by atoms with E-state index < -0.39 is 0 Å². The highest BCUT2D eigenvalue weighted by molar-refractivity contribution is 7.99. The first-order valence-electron chi connectivity index (χ1n) is 9.93. The monoisotopic (exact) mass is 456 g/mol. The van der Waals surface area contributed by atoms with Crippen molar-refractivity contribution in [1.82, 2.24) is 14.8 Å². The van der Waals surface area contributed by atoms with Crippen LogP contribution in [0.3, 0.4) is 0 Å². The molecule has 0 saturated heterocycles. The summed E-state index contributed by atoms with van der Waals surface area (Å²) in [5.41, 5.74) is 1.85. The molecule has 0 saturated carbocycles. The van der Waals surface area contributed by atoms with E-state index in [1.165, 1.54) is 17.3 Å². The van der Waals surface area contributed by atoms with E-state index in [0.717, 1.165) is 30.8 Å². The summed E-state index contributed by atoms with van der Waals surface area (Å²) in [5, 5.41) is 12.7. The lowest BCUT2D eigenvalue weighted by Gasteiger charge is -2.09. The van der Waals surface area contributed by atoms with Gasteiger partial charge in [0.1, 0.15) is 11.6 Å². The maximum Gasteiger partial charge on any atom is 0.234 e. The van der Waals surface area contributed by atoms with Crippen LogP contribution in [0.1, 0.15) is 17.8 Å². The number of halogens is 1. The second kappa shape index (κ2) is 11.6. The number of nitrogens with one attached hydrogen (secondary N) is 1. The van der Waals surface area contributed by atoms with E-state index in [9.17, 15) is 4.79 Å². The van der Waals surface area contributed by atoms with Gasteiger partial charge in [0.2, 0.25) is 5.91 Å². The highest BCUT2D eigenvalue weighted by Gasteiger charge is 2.14. The van der Waals surface area contributed by atoms with Crippen LogP contribution in [-0.4, -0.2) is 33.5 Å². The zero-order valence-corrected chi connectivity index (χ0v) is 19.0. The molecule has 0 fully saturated rings. The van der Waals surface area contributed by atoms with Crippen molar-refractivity contribution in [1.29, 1.82) is 0 Å². The first-order chi connectivity index (χ1) is 15.1. The smallest absolute Gasteiger partial charge is 0.234 e. The third-order valence-corrected chi connectivity index (χ3v) is 5.91. The molecule has 0 aliphatic heterocycles. The Bertz CT molecular complexity index is 1020. The number of anilines is 1. The maximum absolute atomic E-state index is 12.3. The normalized spacial score (nSPS) is 10.6. The lowest BCUT2D eigenvalue weighted by molar-refractivity contribution is -0.113. The largest absolute Gasteiger partial charge is 0.497 e. The fourth-order valence-electron chi connectivity index (χ4n) is 3.04. The summed E-state index contributed by atoms with van der Waals surface area (Å²) in [6.45, 7) is 4.43. The standard InChI is InChI=1S/C23H25ClN4O2S/c1-3-15-28-21(10-6-7-17-11-13-18(30-2)14-12-17)26-27-23(28)31-16-22(29)25-20-9-5-4-8-19(20)24/h3-5,8-9,11-14H,1,6-7,10,15-16H2,2H3,(H,25,29). The van der Waals surface area contributed by atoms with E-state index in [-0.39, 0.29) is 11.7 Å². The van der Waals surface area contributed by atoms with E-state index >= 15 is 0 Å². The molecule has 1 heterocycles. The van der Waals surface area contributed by atoms with Gasteiger partial charge in [-0.3, -0.25) is 4.79 Å². The first-order valence-corrected chi connectivity index (χ1v) is 11.3. The van der Waals surface area contributed by atoms with Crippen molar-refractivity contribution in [2.75, 3.05) is 18.2 Å². The number of amides is 1. The molecule has 31 heavy (non-hydrogen) atoms. The van der Waals surface area contributed by atoms with Gasteiger partial charge >= 0.3 is 0 Å². The van der Waals surface area contributed by atoms with Crippen LogP contribution >= 0.6 is 23.4 Å².